The number of fused-ring (bicyclic) bond motifs is 3. The van der Waals surface area contributed by atoms with Gasteiger partial charge in [0.05, 0.1) is 10.6 Å². The molecule has 6 nitrogen and oxygen atoms in total. The number of nitro benzene ring substituents is 1. The summed E-state index contributed by atoms with van der Waals surface area (Å²) in [6, 6.07) is 19.5. The first kappa shape index (κ1) is 24.0. The van der Waals surface area contributed by atoms with Gasteiger partial charge in [-0.15, -0.1) is 0 Å². The molecule has 0 aliphatic rings. The number of hydrogen-bond donors (Lipinski definition) is 0. The van der Waals surface area contributed by atoms with Gasteiger partial charge in [-0.2, -0.15) is 0 Å². The predicted molar refractivity (Wildman–Crippen MR) is 147 cm³/mol. The van der Waals surface area contributed by atoms with Crippen LogP contribution >= 0.6 is 23.5 Å². The maximum absolute atomic E-state index is 11.4. The molecule has 3 aromatic carbocycles. The third kappa shape index (κ3) is 4.60. The van der Waals surface area contributed by atoms with Gasteiger partial charge in [0.25, 0.3) is 5.69 Å². The van der Waals surface area contributed by atoms with E-state index in [2.05, 4.69) is 52.7 Å². The minimum atomic E-state index is -0.334. The molecule has 0 N–H and O–H groups in total. The van der Waals surface area contributed by atoms with Crippen molar-refractivity contribution >= 4 is 61.1 Å². The molecule has 0 bridgehead atoms. The molecule has 1 aromatic heterocycles. The molecule has 4 rings (SSSR count). The highest BCUT2D eigenvalue weighted by Crippen LogP contribution is 2.36. The number of hydrogen-bond acceptors (Lipinski definition) is 6. The third-order valence-electron chi connectivity index (χ3n) is 5.85. The fourth-order valence-corrected chi connectivity index (χ4v) is 6.20. The Kier molecular flexibility index (Phi) is 7.38. The van der Waals surface area contributed by atoms with Crippen molar-refractivity contribution in [1.82, 2.24) is 4.57 Å². The molecule has 174 valence electrons. The summed E-state index contributed by atoms with van der Waals surface area (Å²) < 4.78 is 3.19. The maximum atomic E-state index is 11.4. The molecule has 0 atom stereocenters. The number of non-ortho nitro benzene ring substituents is 1. The number of aryl methyl sites for hydroxylation is 2. The molecule has 34 heavy (non-hydrogen) atoms. The second kappa shape index (κ2) is 10.4. The lowest BCUT2D eigenvalue weighted by Gasteiger charge is -2.12. The van der Waals surface area contributed by atoms with Crippen LogP contribution in [0.4, 0.5) is 5.69 Å². The van der Waals surface area contributed by atoms with Gasteiger partial charge in [0.15, 0.2) is 0 Å². The van der Waals surface area contributed by atoms with Crippen LogP contribution in [0.2, 0.25) is 0 Å². The minimum absolute atomic E-state index is 0.106. The first-order valence-corrected chi connectivity index (χ1v) is 12.8. The number of benzene rings is 3. The fourth-order valence-electron chi connectivity index (χ4n) is 4.24. The number of thioether (sulfide) groups is 2. The van der Waals surface area contributed by atoms with Crippen LogP contribution in [-0.2, 0) is 6.54 Å². The van der Waals surface area contributed by atoms with Gasteiger partial charge in [0.1, 0.15) is 4.38 Å². The highest BCUT2D eigenvalue weighted by Gasteiger charge is 2.19. The molecule has 0 saturated carbocycles. The molecular formula is C26H26N4O2S2. The largest absolute Gasteiger partial charge is 0.341 e. The van der Waals surface area contributed by atoms with E-state index in [-0.39, 0.29) is 10.6 Å². The Labute approximate surface area is 207 Å². The third-order valence-corrected chi connectivity index (χ3v) is 8.16. The first-order valence-electron chi connectivity index (χ1n) is 11.0. The Bertz CT molecular complexity index is 1430. The highest BCUT2D eigenvalue weighted by atomic mass is 32.2. The predicted octanol–water partition coefficient (Wildman–Crippen LogP) is 6.96. The molecular weight excluding hydrogens is 464 g/mol. The van der Waals surface area contributed by atoms with Gasteiger partial charge >= 0.3 is 0 Å². The lowest BCUT2D eigenvalue weighted by Crippen LogP contribution is -2.08. The van der Waals surface area contributed by atoms with Crippen molar-refractivity contribution in [3.8, 4) is 0 Å². The van der Waals surface area contributed by atoms with Gasteiger partial charge < -0.3 is 4.57 Å². The Morgan fingerprint density at radius 1 is 1.03 bits per heavy atom. The summed E-state index contributed by atoms with van der Waals surface area (Å²) in [5, 5.41) is 13.4. The number of nitrogens with zero attached hydrogens (tertiary/aromatic N) is 4. The zero-order valence-electron chi connectivity index (χ0n) is 19.6. The van der Waals surface area contributed by atoms with Crippen LogP contribution in [0.25, 0.3) is 21.8 Å². The molecule has 4 aromatic rings. The summed E-state index contributed by atoms with van der Waals surface area (Å²) in [7, 11) is 3.62. The van der Waals surface area contributed by atoms with Crippen LogP contribution in [-0.4, -0.2) is 39.4 Å². The lowest BCUT2D eigenvalue weighted by molar-refractivity contribution is -0.384. The standard InChI is InChI=1S/C26H26N4O2S2/c1-5-29-23-13-11-18(30(31)32)15-21(23)25-17(2)20(12-14-24(25)29)22(27-3)16-33-26(28-4)34-19-9-7-6-8-10-19/h6-15H,5,16H2,1-4H3. The summed E-state index contributed by atoms with van der Waals surface area (Å²) in [5.41, 5.74) is 5.31. The zero-order valence-corrected chi connectivity index (χ0v) is 21.2. The Balaban J connectivity index is 1.71. The van der Waals surface area contributed by atoms with Crippen LogP contribution in [0.15, 0.2) is 75.5 Å². The molecule has 0 fully saturated rings. The van der Waals surface area contributed by atoms with Gasteiger partial charge in [-0.1, -0.05) is 47.8 Å². The average Bonchev–Trinajstić information content (AvgIpc) is 3.18. The highest BCUT2D eigenvalue weighted by molar-refractivity contribution is 8.39. The Morgan fingerprint density at radius 3 is 2.41 bits per heavy atom. The minimum Gasteiger partial charge on any atom is -0.341 e. The van der Waals surface area contributed by atoms with Gasteiger partial charge in [0, 0.05) is 70.8 Å². The van der Waals surface area contributed by atoms with E-state index in [9.17, 15) is 10.1 Å². The molecule has 0 saturated heterocycles. The number of aliphatic imine (C=N–C) groups is 2. The van der Waals surface area contributed by atoms with Gasteiger partial charge in [0.2, 0.25) is 0 Å². The normalized spacial score (nSPS) is 12.6. The van der Waals surface area contributed by atoms with E-state index in [4.69, 9.17) is 0 Å². The molecule has 0 amide bonds. The lowest BCUT2D eigenvalue weighted by atomic mass is 9.99. The van der Waals surface area contributed by atoms with Gasteiger partial charge in [-0.25, -0.2) is 0 Å². The second-order valence-corrected chi connectivity index (χ2v) is 9.98. The first-order chi connectivity index (χ1) is 16.5. The van der Waals surface area contributed by atoms with Crippen LogP contribution in [0.3, 0.4) is 0 Å². The molecule has 0 spiro atoms. The number of nitro groups is 1. The van der Waals surface area contributed by atoms with E-state index in [1.54, 1.807) is 35.7 Å². The smallest absolute Gasteiger partial charge is 0.270 e. The van der Waals surface area contributed by atoms with Gasteiger partial charge in [-0.05, 0) is 43.7 Å². The summed E-state index contributed by atoms with van der Waals surface area (Å²) in [5.74, 6) is 0.682. The molecule has 0 aliphatic carbocycles. The summed E-state index contributed by atoms with van der Waals surface area (Å²) >= 11 is 3.31. The van der Waals surface area contributed by atoms with E-state index in [0.717, 1.165) is 54.5 Å². The fraction of sp³-hybridized carbons (Fsp3) is 0.231. The SMILES string of the molecule is CCn1c2ccc([N+](=O)[O-])cc2c2c(C)c(C(CSC(=NC)Sc3ccccc3)=NC)ccc21. The van der Waals surface area contributed by atoms with E-state index >= 15 is 0 Å². The van der Waals surface area contributed by atoms with Crippen molar-refractivity contribution in [3.63, 3.8) is 0 Å². The van der Waals surface area contributed by atoms with Crippen LogP contribution in [0, 0.1) is 17.0 Å². The maximum Gasteiger partial charge on any atom is 0.270 e. The average molecular weight is 491 g/mol. The molecule has 0 aliphatic heterocycles. The number of aromatic nitrogens is 1. The number of rotatable bonds is 6. The van der Waals surface area contributed by atoms with E-state index < -0.39 is 0 Å². The van der Waals surface area contributed by atoms with Crippen LogP contribution in [0.5, 0.6) is 0 Å². The zero-order chi connectivity index (χ0) is 24.2. The van der Waals surface area contributed by atoms with Crippen molar-refractivity contribution in [2.75, 3.05) is 19.8 Å². The van der Waals surface area contributed by atoms with E-state index in [0.29, 0.717) is 5.75 Å². The molecule has 0 unspecified atom stereocenters. The van der Waals surface area contributed by atoms with Crippen molar-refractivity contribution in [2.45, 2.75) is 25.3 Å². The Morgan fingerprint density at radius 2 is 1.76 bits per heavy atom. The Hall–Kier alpha value is -3.10. The molecule has 1 heterocycles. The summed E-state index contributed by atoms with van der Waals surface area (Å²) in [6.45, 7) is 4.96. The topological polar surface area (TPSA) is 72.8 Å². The second-order valence-electron chi connectivity index (χ2n) is 7.70. The van der Waals surface area contributed by atoms with Crippen molar-refractivity contribution in [2.24, 2.45) is 9.98 Å². The molecule has 0 radical (unpaired) electrons. The van der Waals surface area contributed by atoms with Crippen LogP contribution < -0.4 is 0 Å². The van der Waals surface area contributed by atoms with Gasteiger partial charge in [-0.3, -0.25) is 20.1 Å². The van der Waals surface area contributed by atoms with Crippen molar-refractivity contribution in [3.05, 3.63) is 81.9 Å². The monoisotopic (exact) mass is 490 g/mol. The van der Waals surface area contributed by atoms with Crippen molar-refractivity contribution < 1.29 is 4.92 Å². The quantitative estimate of drug-likeness (QED) is 0.0962. The van der Waals surface area contributed by atoms with Crippen LogP contribution in [0.1, 0.15) is 18.1 Å². The summed E-state index contributed by atoms with van der Waals surface area (Å²) in [6.07, 6.45) is 0. The summed E-state index contributed by atoms with van der Waals surface area (Å²) in [4.78, 5) is 21.3. The van der Waals surface area contributed by atoms with Crippen molar-refractivity contribution in [1.29, 1.82) is 0 Å². The van der Waals surface area contributed by atoms with E-state index in [1.807, 2.05) is 38.4 Å². The molecule has 8 heteroatoms. The van der Waals surface area contributed by atoms with E-state index in [1.165, 1.54) is 0 Å².